The Balaban J connectivity index is 3.17. The molecule has 0 heterocycles. The maximum atomic E-state index is 11.1. The summed E-state index contributed by atoms with van der Waals surface area (Å²) in [5.74, 6) is 0. The summed E-state index contributed by atoms with van der Waals surface area (Å²) in [6.45, 7) is 2.20. The van der Waals surface area contributed by atoms with Crippen molar-refractivity contribution in [2.75, 3.05) is 13.3 Å². The standard InChI is InChI=1S/C10H23O3P/c1-3-4-5-6-7-8-9-10-14(11,12)13-2/h3-10H2,1-2H3,(H,11,12). The van der Waals surface area contributed by atoms with Crippen LogP contribution in [0.2, 0.25) is 0 Å². The molecule has 0 aliphatic heterocycles. The molecule has 1 unspecified atom stereocenters. The molecule has 0 aromatic rings. The molecule has 0 saturated heterocycles. The normalized spacial score (nSPS) is 15.4. The average Bonchev–Trinajstić information content (AvgIpc) is 2.16. The first-order valence-electron chi connectivity index (χ1n) is 5.50. The van der Waals surface area contributed by atoms with Gasteiger partial charge in [0.25, 0.3) is 0 Å². The van der Waals surface area contributed by atoms with Gasteiger partial charge in [0.15, 0.2) is 0 Å². The third-order valence-corrected chi connectivity index (χ3v) is 3.78. The van der Waals surface area contributed by atoms with Crippen molar-refractivity contribution >= 4 is 7.60 Å². The van der Waals surface area contributed by atoms with Crippen LogP contribution in [0.3, 0.4) is 0 Å². The van der Waals surface area contributed by atoms with Crippen LogP contribution in [0.5, 0.6) is 0 Å². The Kier molecular flexibility index (Phi) is 8.55. The molecule has 0 aliphatic rings. The average molecular weight is 222 g/mol. The highest BCUT2D eigenvalue weighted by Crippen LogP contribution is 2.41. The van der Waals surface area contributed by atoms with E-state index >= 15 is 0 Å². The predicted molar refractivity (Wildman–Crippen MR) is 59.7 cm³/mol. The third kappa shape index (κ3) is 8.74. The lowest BCUT2D eigenvalue weighted by molar-refractivity contribution is 0.314. The van der Waals surface area contributed by atoms with Gasteiger partial charge in [-0.15, -0.1) is 0 Å². The summed E-state index contributed by atoms with van der Waals surface area (Å²) in [4.78, 5) is 9.10. The van der Waals surface area contributed by atoms with Crippen molar-refractivity contribution in [1.29, 1.82) is 0 Å². The molecule has 0 aliphatic carbocycles. The van der Waals surface area contributed by atoms with Crippen molar-refractivity contribution in [3.8, 4) is 0 Å². The maximum Gasteiger partial charge on any atom is 0.327 e. The fourth-order valence-electron chi connectivity index (χ4n) is 1.36. The van der Waals surface area contributed by atoms with Gasteiger partial charge in [-0.3, -0.25) is 4.57 Å². The van der Waals surface area contributed by atoms with Crippen LogP contribution in [0.25, 0.3) is 0 Å². The van der Waals surface area contributed by atoms with Crippen molar-refractivity contribution in [2.45, 2.75) is 51.9 Å². The van der Waals surface area contributed by atoms with E-state index in [-0.39, 0.29) is 0 Å². The van der Waals surface area contributed by atoms with Crippen LogP contribution >= 0.6 is 7.60 Å². The molecule has 0 fully saturated rings. The number of unbranched alkanes of at least 4 members (excludes halogenated alkanes) is 6. The van der Waals surface area contributed by atoms with Crippen LogP contribution in [-0.2, 0) is 9.09 Å². The summed E-state index contributed by atoms with van der Waals surface area (Å²) in [5, 5.41) is 0. The van der Waals surface area contributed by atoms with Gasteiger partial charge in [0, 0.05) is 13.3 Å². The molecule has 0 aromatic heterocycles. The van der Waals surface area contributed by atoms with Gasteiger partial charge in [-0.05, 0) is 6.42 Å². The summed E-state index contributed by atoms with van der Waals surface area (Å²) in [6.07, 6.45) is 8.41. The van der Waals surface area contributed by atoms with E-state index in [1.165, 1.54) is 39.2 Å². The quantitative estimate of drug-likeness (QED) is 0.479. The minimum atomic E-state index is -3.23. The molecule has 0 aromatic carbocycles. The van der Waals surface area contributed by atoms with Gasteiger partial charge in [0.2, 0.25) is 0 Å². The van der Waals surface area contributed by atoms with Crippen LogP contribution in [0.15, 0.2) is 0 Å². The second-order valence-corrected chi connectivity index (χ2v) is 5.75. The fourth-order valence-corrected chi connectivity index (χ4v) is 2.17. The van der Waals surface area contributed by atoms with E-state index in [2.05, 4.69) is 11.4 Å². The Morgan fingerprint density at radius 3 is 2.07 bits per heavy atom. The molecule has 14 heavy (non-hydrogen) atoms. The topological polar surface area (TPSA) is 46.5 Å². The lowest BCUT2D eigenvalue weighted by Crippen LogP contribution is -1.91. The van der Waals surface area contributed by atoms with Gasteiger partial charge in [0.05, 0.1) is 0 Å². The summed E-state index contributed by atoms with van der Waals surface area (Å²) >= 11 is 0. The second kappa shape index (κ2) is 8.46. The summed E-state index contributed by atoms with van der Waals surface area (Å²) in [5.41, 5.74) is 0. The van der Waals surface area contributed by atoms with Gasteiger partial charge in [-0.1, -0.05) is 45.4 Å². The molecule has 0 amide bonds. The highest BCUT2D eigenvalue weighted by molar-refractivity contribution is 7.52. The van der Waals surface area contributed by atoms with Gasteiger partial charge >= 0.3 is 7.60 Å². The molecule has 4 heteroatoms. The Bertz CT molecular complexity index is 171. The Hall–Kier alpha value is 0.150. The van der Waals surface area contributed by atoms with E-state index in [0.717, 1.165) is 12.8 Å². The van der Waals surface area contributed by atoms with Crippen LogP contribution in [0.1, 0.15) is 51.9 Å². The molecule has 0 spiro atoms. The summed E-state index contributed by atoms with van der Waals surface area (Å²) in [6, 6.07) is 0. The van der Waals surface area contributed by atoms with E-state index in [4.69, 9.17) is 4.89 Å². The van der Waals surface area contributed by atoms with Crippen molar-refractivity contribution < 1.29 is 14.0 Å². The number of hydrogen-bond acceptors (Lipinski definition) is 2. The van der Waals surface area contributed by atoms with Crippen LogP contribution in [0, 0.1) is 0 Å². The maximum absolute atomic E-state index is 11.1. The molecule has 1 N–H and O–H groups in total. The van der Waals surface area contributed by atoms with Crippen molar-refractivity contribution in [2.24, 2.45) is 0 Å². The zero-order valence-electron chi connectivity index (χ0n) is 9.37. The second-order valence-electron chi connectivity index (χ2n) is 3.66. The van der Waals surface area contributed by atoms with Crippen molar-refractivity contribution in [3.05, 3.63) is 0 Å². The van der Waals surface area contributed by atoms with Crippen LogP contribution in [0.4, 0.5) is 0 Å². The highest BCUT2D eigenvalue weighted by atomic mass is 31.2. The van der Waals surface area contributed by atoms with E-state index in [1.54, 1.807) is 0 Å². The van der Waals surface area contributed by atoms with E-state index < -0.39 is 7.60 Å². The zero-order valence-corrected chi connectivity index (χ0v) is 10.3. The Labute approximate surface area is 87.4 Å². The molecular weight excluding hydrogens is 199 g/mol. The molecule has 3 nitrogen and oxygen atoms in total. The lowest BCUT2D eigenvalue weighted by Gasteiger charge is -2.07. The number of rotatable bonds is 9. The van der Waals surface area contributed by atoms with Gasteiger partial charge in [0.1, 0.15) is 0 Å². The summed E-state index contributed by atoms with van der Waals surface area (Å²) in [7, 11) is -1.94. The first kappa shape index (κ1) is 14.2. The molecule has 1 atom stereocenters. The van der Waals surface area contributed by atoms with Crippen molar-refractivity contribution in [1.82, 2.24) is 0 Å². The monoisotopic (exact) mass is 222 g/mol. The van der Waals surface area contributed by atoms with E-state index in [0.29, 0.717) is 6.16 Å². The first-order chi connectivity index (χ1) is 6.62. The minimum Gasteiger partial charge on any atom is -0.324 e. The van der Waals surface area contributed by atoms with Crippen LogP contribution < -0.4 is 0 Å². The Morgan fingerprint density at radius 1 is 1.07 bits per heavy atom. The highest BCUT2D eigenvalue weighted by Gasteiger charge is 2.15. The van der Waals surface area contributed by atoms with E-state index in [9.17, 15) is 4.57 Å². The fraction of sp³-hybridized carbons (Fsp3) is 1.00. The smallest absolute Gasteiger partial charge is 0.324 e. The van der Waals surface area contributed by atoms with Crippen molar-refractivity contribution in [3.63, 3.8) is 0 Å². The summed E-state index contributed by atoms with van der Waals surface area (Å²) < 4.78 is 15.5. The minimum absolute atomic E-state index is 0.303. The molecule has 86 valence electrons. The van der Waals surface area contributed by atoms with Gasteiger partial charge in [-0.2, -0.15) is 0 Å². The molecule has 0 radical (unpaired) electrons. The van der Waals surface area contributed by atoms with E-state index in [1.807, 2.05) is 0 Å². The number of hydrogen-bond donors (Lipinski definition) is 1. The molecule has 0 saturated carbocycles. The SMILES string of the molecule is CCCCCCCCCP(=O)(O)OC. The third-order valence-electron chi connectivity index (χ3n) is 2.33. The van der Waals surface area contributed by atoms with Crippen LogP contribution in [-0.4, -0.2) is 18.2 Å². The molecular formula is C10H23O3P. The van der Waals surface area contributed by atoms with Gasteiger partial charge < -0.3 is 9.42 Å². The Morgan fingerprint density at radius 2 is 1.57 bits per heavy atom. The van der Waals surface area contributed by atoms with Gasteiger partial charge in [-0.25, -0.2) is 0 Å². The molecule has 0 bridgehead atoms. The predicted octanol–water partition coefficient (Wildman–Crippen LogP) is 3.57. The zero-order chi connectivity index (χ0) is 10.9. The lowest BCUT2D eigenvalue weighted by atomic mass is 10.1. The molecule has 0 rings (SSSR count). The first-order valence-corrected chi connectivity index (χ1v) is 7.26. The largest absolute Gasteiger partial charge is 0.327 e.